The molecule has 2 fully saturated rings. The lowest BCUT2D eigenvalue weighted by atomic mass is 9.99. The minimum absolute atomic E-state index is 0.120. The second-order valence-electron chi connectivity index (χ2n) is 5.47. The van der Waals surface area contributed by atoms with Crippen molar-refractivity contribution in [2.45, 2.75) is 38.3 Å². The highest BCUT2D eigenvalue weighted by Gasteiger charge is 2.42. The van der Waals surface area contributed by atoms with Crippen LogP contribution in [-0.4, -0.2) is 56.0 Å². The molecule has 2 aliphatic rings. The summed E-state index contributed by atoms with van der Waals surface area (Å²) >= 11 is 0. The highest BCUT2D eigenvalue weighted by molar-refractivity contribution is 7.91. The smallest absolute Gasteiger partial charge is 0.152 e. The molecule has 16 heavy (non-hydrogen) atoms. The minimum Gasteiger partial charge on any atom is -0.313 e. The van der Waals surface area contributed by atoms with E-state index in [2.05, 4.69) is 24.1 Å². The molecule has 4 nitrogen and oxygen atoms in total. The van der Waals surface area contributed by atoms with Crippen LogP contribution in [0.2, 0.25) is 0 Å². The van der Waals surface area contributed by atoms with Gasteiger partial charge in [-0.15, -0.1) is 0 Å². The van der Waals surface area contributed by atoms with Gasteiger partial charge in [0.1, 0.15) is 0 Å². The molecule has 2 aliphatic heterocycles. The Labute approximate surface area is 98.3 Å². The Bertz CT molecular complexity index is 355. The van der Waals surface area contributed by atoms with Crippen LogP contribution in [0.1, 0.15) is 26.7 Å². The van der Waals surface area contributed by atoms with Crippen LogP contribution in [0, 0.1) is 0 Å². The number of nitrogens with one attached hydrogen (secondary N) is 1. The van der Waals surface area contributed by atoms with Crippen LogP contribution < -0.4 is 5.32 Å². The van der Waals surface area contributed by atoms with Crippen LogP contribution in [0.15, 0.2) is 0 Å². The average molecular weight is 246 g/mol. The standard InChI is InChI=1S/C11H22N2O2S/c1-10-3-6-13(7-5-12-10)11(2)4-8-16(14,15)9-11/h10,12H,3-9H2,1-2H3. The van der Waals surface area contributed by atoms with Gasteiger partial charge in [0, 0.05) is 31.2 Å². The zero-order valence-corrected chi connectivity index (χ0v) is 11.0. The molecule has 0 bridgehead atoms. The van der Waals surface area contributed by atoms with E-state index in [9.17, 15) is 8.42 Å². The second kappa shape index (κ2) is 4.27. The second-order valence-corrected chi connectivity index (χ2v) is 7.65. The zero-order chi connectivity index (χ0) is 11.8. The first-order valence-corrected chi connectivity index (χ1v) is 7.92. The van der Waals surface area contributed by atoms with Crippen molar-refractivity contribution in [3.05, 3.63) is 0 Å². The lowest BCUT2D eigenvalue weighted by molar-refractivity contribution is 0.134. The predicted octanol–water partition coefficient (Wildman–Crippen LogP) is 0.247. The molecule has 0 aromatic carbocycles. The monoisotopic (exact) mass is 246 g/mol. The third-order valence-electron chi connectivity index (χ3n) is 3.95. The average Bonchev–Trinajstić information content (AvgIpc) is 2.39. The third kappa shape index (κ3) is 2.57. The summed E-state index contributed by atoms with van der Waals surface area (Å²) in [6.07, 6.45) is 1.90. The molecule has 0 radical (unpaired) electrons. The fraction of sp³-hybridized carbons (Fsp3) is 1.00. The number of hydrogen-bond donors (Lipinski definition) is 1. The van der Waals surface area contributed by atoms with E-state index in [4.69, 9.17) is 0 Å². The van der Waals surface area contributed by atoms with Crippen LogP contribution in [0.3, 0.4) is 0 Å². The van der Waals surface area contributed by atoms with E-state index in [-0.39, 0.29) is 5.54 Å². The molecule has 2 saturated heterocycles. The molecular weight excluding hydrogens is 224 g/mol. The lowest BCUT2D eigenvalue weighted by Crippen LogP contribution is -2.48. The highest BCUT2D eigenvalue weighted by Crippen LogP contribution is 2.29. The van der Waals surface area contributed by atoms with Crippen LogP contribution in [0.5, 0.6) is 0 Å². The molecule has 2 atom stereocenters. The maximum absolute atomic E-state index is 11.6. The molecule has 94 valence electrons. The van der Waals surface area contributed by atoms with Crippen molar-refractivity contribution < 1.29 is 8.42 Å². The molecule has 0 amide bonds. The van der Waals surface area contributed by atoms with Gasteiger partial charge in [-0.2, -0.15) is 0 Å². The van der Waals surface area contributed by atoms with Crippen molar-refractivity contribution in [2.24, 2.45) is 0 Å². The van der Waals surface area contributed by atoms with Crippen LogP contribution in [0.25, 0.3) is 0 Å². The Balaban J connectivity index is 2.06. The van der Waals surface area contributed by atoms with E-state index < -0.39 is 9.84 Å². The summed E-state index contributed by atoms with van der Waals surface area (Å²) in [6, 6.07) is 0.548. The first-order valence-electron chi connectivity index (χ1n) is 6.10. The molecule has 1 N–H and O–H groups in total. The Kier molecular flexibility index (Phi) is 3.29. The summed E-state index contributed by atoms with van der Waals surface area (Å²) in [6.45, 7) is 7.25. The van der Waals surface area contributed by atoms with Crippen molar-refractivity contribution in [1.29, 1.82) is 0 Å². The van der Waals surface area contributed by atoms with Gasteiger partial charge in [-0.3, -0.25) is 4.90 Å². The molecule has 2 heterocycles. The van der Waals surface area contributed by atoms with E-state index >= 15 is 0 Å². The molecule has 2 unspecified atom stereocenters. The summed E-state index contributed by atoms with van der Waals surface area (Å²) in [5.41, 5.74) is -0.120. The minimum atomic E-state index is -2.79. The van der Waals surface area contributed by atoms with Crippen LogP contribution in [0.4, 0.5) is 0 Å². The van der Waals surface area contributed by atoms with Gasteiger partial charge in [0.05, 0.1) is 11.5 Å². The molecule has 0 aliphatic carbocycles. The number of hydrogen-bond acceptors (Lipinski definition) is 4. The predicted molar refractivity (Wildman–Crippen MR) is 65.3 cm³/mol. The first kappa shape index (κ1) is 12.3. The Morgan fingerprint density at radius 2 is 2.12 bits per heavy atom. The molecule has 0 saturated carbocycles. The summed E-state index contributed by atoms with van der Waals surface area (Å²) in [5.74, 6) is 0.706. The maximum Gasteiger partial charge on any atom is 0.152 e. The van der Waals surface area contributed by atoms with Crippen molar-refractivity contribution in [3.63, 3.8) is 0 Å². The zero-order valence-electron chi connectivity index (χ0n) is 10.2. The van der Waals surface area contributed by atoms with Gasteiger partial charge < -0.3 is 5.32 Å². The van der Waals surface area contributed by atoms with Crippen LogP contribution in [-0.2, 0) is 9.84 Å². The highest BCUT2D eigenvalue weighted by atomic mass is 32.2. The van der Waals surface area contributed by atoms with Gasteiger partial charge in [0.2, 0.25) is 0 Å². The van der Waals surface area contributed by atoms with Crippen molar-refractivity contribution >= 4 is 9.84 Å². The third-order valence-corrected chi connectivity index (χ3v) is 5.84. The van der Waals surface area contributed by atoms with Gasteiger partial charge in [0.25, 0.3) is 0 Å². The first-order chi connectivity index (χ1) is 7.41. The normalized spacial score (nSPS) is 40.8. The Morgan fingerprint density at radius 3 is 2.75 bits per heavy atom. The van der Waals surface area contributed by atoms with E-state index in [0.29, 0.717) is 17.5 Å². The Morgan fingerprint density at radius 1 is 1.38 bits per heavy atom. The van der Waals surface area contributed by atoms with E-state index in [1.54, 1.807) is 0 Å². The van der Waals surface area contributed by atoms with Crippen molar-refractivity contribution in [1.82, 2.24) is 10.2 Å². The topological polar surface area (TPSA) is 49.4 Å². The summed E-state index contributed by atoms with van der Waals surface area (Å²) < 4.78 is 23.2. The van der Waals surface area contributed by atoms with E-state index in [0.717, 1.165) is 32.5 Å². The maximum atomic E-state index is 11.6. The fourth-order valence-corrected chi connectivity index (χ4v) is 4.96. The lowest BCUT2D eigenvalue weighted by Gasteiger charge is -2.36. The fourth-order valence-electron chi connectivity index (χ4n) is 2.79. The van der Waals surface area contributed by atoms with Gasteiger partial charge in [0.15, 0.2) is 9.84 Å². The molecule has 0 aromatic heterocycles. The van der Waals surface area contributed by atoms with Crippen molar-refractivity contribution in [3.8, 4) is 0 Å². The van der Waals surface area contributed by atoms with E-state index in [1.165, 1.54) is 0 Å². The summed E-state index contributed by atoms with van der Waals surface area (Å²) in [7, 11) is -2.79. The summed E-state index contributed by atoms with van der Waals surface area (Å²) in [4.78, 5) is 2.37. The van der Waals surface area contributed by atoms with Crippen LogP contribution >= 0.6 is 0 Å². The number of nitrogens with zero attached hydrogens (tertiary/aromatic N) is 1. The van der Waals surface area contributed by atoms with Gasteiger partial charge in [-0.25, -0.2) is 8.42 Å². The number of sulfone groups is 1. The van der Waals surface area contributed by atoms with Gasteiger partial charge >= 0.3 is 0 Å². The number of rotatable bonds is 1. The molecular formula is C11H22N2O2S. The SMILES string of the molecule is CC1CCN(C2(C)CCS(=O)(=O)C2)CCN1. The molecule has 0 aromatic rings. The molecule has 2 rings (SSSR count). The Hall–Kier alpha value is -0.130. The summed E-state index contributed by atoms with van der Waals surface area (Å²) in [5, 5.41) is 3.44. The van der Waals surface area contributed by atoms with Gasteiger partial charge in [-0.1, -0.05) is 0 Å². The van der Waals surface area contributed by atoms with Crippen molar-refractivity contribution in [2.75, 3.05) is 31.1 Å². The largest absolute Gasteiger partial charge is 0.313 e. The van der Waals surface area contributed by atoms with Gasteiger partial charge in [-0.05, 0) is 26.7 Å². The van der Waals surface area contributed by atoms with E-state index in [1.807, 2.05) is 0 Å². The molecule has 5 heteroatoms. The molecule has 0 spiro atoms. The quantitative estimate of drug-likeness (QED) is 0.720.